The number of rotatable bonds is 6. The molecule has 116 valence electrons. The minimum atomic E-state index is 0.0889. The highest BCUT2D eigenvalue weighted by Crippen LogP contribution is 2.23. The van der Waals surface area contributed by atoms with Crippen LogP contribution < -0.4 is 10.5 Å². The van der Waals surface area contributed by atoms with Crippen LogP contribution in [0.15, 0.2) is 18.2 Å². The standard InChI is InChI=1S/C16H25N3O2/c1-19(10-12-5-7-21-8-6-12)11-14-9-13(16(17)18)3-4-15(14)20-2/h3-4,9,12H,5-8,10-11H2,1-2H3,(H3,17,18). The first-order chi connectivity index (χ1) is 10.1. The van der Waals surface area contributed by atoms with Gasteiger partial charge in [-0.1, -0.05) is 0 Å². The minimum absolute atomic E-state index is 0.0889. The van der Waals surface area contributed by atoms with Gasteiger partial charge in [0.1, 0.15) is 11.6 Å². The highest BCUT2D eigenvalue weighted by atomic mass is 16.5. The van der Waals surface area contributed by atoms with Crippen LogP contribution in [-0.4, -0.2) is 44.7 Å². The molecular weight excluding hydrogens is 266 g/mol. The van der Waals surface area contributed by atoms with Crippen molar-refractivity contribution in [2.75, 3.05) is 33.9 Å². The van der Waals surface area contributed by atoms with Gasteiger partial charge in [-0.3, -0.25) is 5.41 Å². The van der Waals surface area contributed by atoms with Gasteiger partial charge in [-0.2, -0.15) is 0 Å². The SMILES string of the molecule is COc1ccc(C(=N)N)cc1CN(C)CC1CCOCC1. The highest BCUT2D eigenvalue weighted by Gasteiger charge is 2.17. The Hall–Kier alpha value is -1.59. The molecule has 1 heterocycles. The molecule has 1 aromatic rings. The van der Waals surface area contributed by atoms with Gasteiger partial charge in [0.15, 0.2) is 0 Å². The van der Waals surface area contributed by atoms with E-state index in [0.717, 1.165) is 56.0 Å². The van der Waals surface area contributed by atoms with E-state index in [4.69, 9.17) is 20.6 Å². The molecule has 0 unspecified atom stereocenters. The van der Waals surface area contributed by atoms with Gasteiger partial charge in [0.05, 0.1) is 7.11 Å². The predicted molar refractivity (Wildman–Crippen MR) is 83.9 cm³/mol. The lowest BCUT2D eigenvalue weighted by Gasteiger charge is -2.27. The number of hydrogen-bond acceptors (Lipinski definition) is 4. The smallest absolute Gasteiger partial charge is 0.123 e. The first kappa shape index (κ1) is 15.8. The molecule has 1 aliphatic heterocycles. The van der Waals surface area contributed by atoms with Gasteiger partial charge in [-0.05, 0) is 44.0 Å². The molecule has 2 rings (SSSR count). The molecule has 0 bridgehead atoms. The Morgan fingerprint density at radius 1 is 1.43 bits per heavy atom. The Morgan fingerprint density at radius 2 is 2.14 bits per heavy atom. The molecule has 1 saturated heterocycles. The van der Waals surface area contributed by atoms with Crippen LogP contribution in [0.3, 0.4) is 0 Å². The van der Waals surface area contributed by atoms with E-state index in [1.807, 2.05) is 18.2 Å². The second kappa shape index (κ2) is 7.43. The Balaban J connectivity index is 2.02. The molecule has 0 spiro atoms. The van der Waals surface area contributed by atoms with Crippen molar-refractivity contribution in [1.82, 2.24) is 4.90 Å². The molecule has 0 aliphatic carbocycles. The lowest BCUT2D eigenvalue weighted by molar-refractivity contribution is 0.0549. The summed E-state index contributed by atoms with van der Waals surface area (Å²) in [5.74, 6) is 1.63. The maximum absolute atomic E-state index is 7.56. The van der Waals surface area contributed by atoms with Gasteiger partial charge in [0.2, 0.25) is 0 Å². The highest BCUT2D eigenvalue weighted by molar-refractivity contribution is 5.95. The van der Waals surface area contributed by atoms with Crippen LogP contribution in [0.25, 0.3) is 0 Å². The summed E-state index contributed by atoms with van der Waals surface area (Å²) in [7, 11) is 3.79. The monoisotopic (exact) mass is 291 g/mol. The van der Waals surface area contributed by atoms with Crippen molar-refractivity contribution in [3.8, 4) is 5.75 Å². The van der Waals surface area contributed by atoms with E-state index in [2.05, 4.69) is 11.9 Å². The van der Waals surface area contributed by atoms with Crippen molar-refractivity contribution in [3.63, 3.8) is 0 Å². The molecule has 0 aromatic heterocycles. The van der Waals surface area contributed by atoms with Gasteiger partial charge in [0, 0.05) is 37.4 Å². The van der Waals surface area contributed by atoms with Gasteiger partial charge >= 0.3 is 0 Å². The average Bonchev–Trinajstić information content (AvgIpc) is 2.48. The Kier molecular flexibility index (Phi) is 5.59. The van der Waals surface area contributed by atoms with Crippen LogP contribution >= 0.6 is 0 Å². The fourth-order valence-electron chi connectivity index (χ4n) is 2.79. The van der Waals surface area contributed by atoms with E-state index >= 15 is 0 Å². The minimum Gasteiger partial charge on any atom is -0.496 e. The van der Waals surface area contributed by atoms with Crippen LogP contribution in [0.4, 0.5) is 0 Å². The third kappa shape index (κ3) is 4.44. The van der Waals surface area contributed by atoms with Gasteiger partial charge in [0.25, 0.3) is 0 Å². The summed E-state index contributed by atoms with van der Waals surface area (Å²) in [4.78, 5) is 2.30. The number of nitrogens with one attached hydrogen (secondary N) is 1. The lowest BCUT2D eigenvalue weighted by Crippen LogP contribution is -2.29. The molecule has 1 fully saturated rings. The Bertz CT molecular complexity index is 484. The Labute approximate surface area is 126 Å². The van der Waals surface area contributed by atoms with E-state index in [-0.39, 0.29) is 5.84 Å². The van der Waals surface area contributed by atoms with Crippen molar-refractivity contribution >= 4 is 5.84 Å². The number of ether oxygens (including phenoxy) is 2. The predicted octanol–water partition coefficient (Wildman–Crippen LogP) is 1.84. The zero-order chi connectivity index (χ0) is 15.2. The molecule has 0 saturated carbocycles. The summed E-state index contributed by atoms with van der Waals surface area (Å²) in [6, 6.07) is 5.65. The van der Waals surface area contributed by atoms with Crippen LogP contribution in [0.1, 0.15) is 24.0 Å². The fourth-order valence-corrected chi connectivity index (χ4v) is 2.79. The molecule has 3 N–H and O–H groups in total. The summed E-state index contributed by atoms with van der Waals surface area (Å²) in [6.07, 6.45) is 2.27. The van der Waals surface area contributed by atoms with Crippen molar-refractivity contribution in [2.45, 2.75) is 19.4 Å². The summed E-state index contributed by atoms with van der Waals surface area (Å²) in [5.41, 5.74) is 7.38. The number of benzene rings is 1. The van der Waals surface area contributed by atoms with Crippen molar-refractivity contribution in [3.05, 3.63) is 29.3 Å². The van der Waals surface area contributed by atoms with Crippen molar-refractivity contribution in [2.24, 2.45) is 11.7 Å². The topological polar surface area (TPSA) is 71.6 Å². The normalized spacial score (nSPS) is 16.1. The third-order valence-electron chi connectivity index (χ3n) is 3.94. The maximum Gasteiger partial charge on any atom is 0.123 e. The van der Waals surface area contributed by atoms with Crippen LogP contribution in [-0.2, 0) is 11.3 Å². The van der Waals surface area contributed by atoms with Gasteiger partial charge in [-0.15, -0.1) is 0 Å². The van der Waals surface area contributed by atoms with E-state index in [0.29, 0.717) is 5.92 Å². The zero-order valence-electron chi connectivity index (χ0n) is 12.9. The molecule has 0 amide bonds. The molecule has 1 aromatic carbocycles. The van der Waals surface area contributed by atoms with E-state index in [1.54, 1.807) is 7.11 Å². The second-order valence-electron chi connectivity index (χ2n) is 5.69. The Morgan fingerprint density at radius 3 is 2.76 bits per heavy atom. The van der Waals surface area contributed by atoms with E-state index in [9.17, 15) is 0 Å². The quantitative estimate of drug-likeness (QED) is 0.619. The van der Waals surface area contributed by atoms with Crippen LogP contribution in [0, 0.1) is 11.3 Å². The van der Waals surface area contributed by atoms with Crippen molar-refractivity contribution < 1.29 is 9.47 Å². The third-order valence-corrected chi connectivity index (χ3v) is 3.94. The average molecular weight is 291 g/mol. The summed E-state index contributed by atoms with van der Waals surface area (Å²) >= 11 is 0. The van der Waals surface area contributed by atoms with E-state index < -0.39 is 0 Å². The first-order valence-corrected chi connectivity index (χ1v) is 7.37. The molecule has 21 heavy (non-hydrogen) atoms. The largest absolute Gasteiger partial charge is 0.496 e. The fraction of sp³-hybridized carbons (Fsp3) is 0.562. The van der Waals surface area contributed by atoms with Crippen LogP contribution in [0.5, 0.6) is 5.75 Å². The number of nitrogens with two attached hydrogens (primary N) is 1. The lowest BCUT2D eigenvalue weighted by atomic mass is 9.99. The van der Waals surface area contributed by atoms with Gasteiger partial charge < -0.3 is 20.1 Å². The molecule has 0 radical (unpaired) electrons. The summed E-state index contributed by atoms with van der Waals surface area (Å²) < 4.78 is 10.8. The second-order valence-corrected chi connectivity index (χ2v) is 5.69. The van der Waals surface area contributed by atoms with Crippen molar-refractivity contribution in [1.29, 1.82) is 5.41 Å². The maximum atomic E-state index is 7.56. The number of amidine groups is 1. The summed E-state index contributed by atoms with van der Waals surface area (Å²) in [6.45, 7) is 3.60. The zero-order valence-corrected chi connectivity index (χ0v) is 12.9. The molecular formula is C16H25N3O2. The van der Waals surface area contributed by atoms with E-state index in [1.165, 1.54) is 0 Å². The van der Waals surface area contributed by atoms with Gasteiger partial charge in [-0.25, -0.2) is 0 Å². The number of nitrogens with zero attached hydrogens (tertiary/aromatic N) is 1. The number of methoxy groups -OCH3 is 1. The summed E-state index contributed by atoms with van der Waals surface area (Å²) in [5, 5.41) is 7.56. The molecule has 5 nitrogen and oxygen atoms in total. The molecule has 5 heteroatoms. The number of hydrogen-bond donors (Lipinski definition) is 2. The first-order valence-electron chi connectivity index (χ1n) is 7.37. The van der Waals surface area contributed by atoms with Crippen LogP contribution in [0.2, 0.25) is 0 Å². The molecule has 1 aliphatic rings. The number of nitrogen functional groups attached to an aromatic ring is 1. The molecule has 0 atom stereocenters.